The van der Waals surface area contributed by atoms with Crippen LogP contribution in [0.3, 0.4) is 0 Å². The number of hydrogen-bond donors (Lipinski definition) is 3. The zero-order valence-electron chi connectivity index (χ0n) is 19.9. The highest BCUT2D eigenvalue weighted by Gasteiger charge is 2.64. The third-order valence-corrected chi connectivity index (χ3v) is 11.2. The van der Waals surface area contributed by atoms with Gasteiger partial charge >= 0.3 is 0 Å². The maximum Gasteiger partial charge on any atom is 0.0736 e. The maximum absolute atomic E-state index is 7.29. The monoisotopic (exact) mass is 429 g/mol. The van der Waals surface area contributed by atoms with Gasteiger partial charge < -0.3 is 21.5 Å². The molecule has 7 rings (SSSR count). The predicted molar refractivity (Wildman–Crippen MR) is 125 cm³/mol. The van der Waals surface area contributed by atoms with Gasteiger partial charge in [-0.05, 0) is 120 Å². The molecule has 3 saturated heterocycles. The number of nitrogens with two attached hydrogens (primary N) is 2. The summed E-state index contributed by atoms with van der Waals surface area (Å²) in [6.45, 7) is 3.56. The van der Waals surface area contributed by atoms with E-state index in [0.29, 0.717) is 17.4 Å². The number of nitrogens with one attached hydrogen (secondary N) is 1. The van der Waals surface area contributed by atoms with Crippen LogP contribution in [0.4, 0.5) is 0 Å². The van der Waals surface area contributed by atoms with Gasteiger partial charge in [-0.3, -0.25) is 0 Å². The normalized spacial score (nSPS) is 53.7. The fourth-order valence-electron chi connectivity index (χ4n) is 10.2. The Morgan fingerprint density at radius 1 is 0.903 bits per heavy atom. The van der Waals surface area contributed by atoms with Crippen molar-refractivity contribution in [3.63, 3.8) is 0 Å². The van der Waals surface area contributed by atoms with Crippen molar-refractivity contribution in [1.29, 1.82) is 0 Å². The molecule has 4 bridgehead atoms. The van der Waals surface area contributed by atoms with E-state index in [9.17, 15) is 0 Å². The number of rotatable bonds is 3. The molecule has 0 amide bonds. The molecular formula is C27H47N3O. The van der Waals surface area contributed by atoms with Gasteiger partial charge in [0.05, 0.1) is 17.4 Å². The fraction of sp³-hybridized carbons (Fsp3) is 1.00. The summed E-state index contributed by atoms with van der Waals surface area (Å²) in [4.78, 5) is 0. The summed E-state index contributed by atoms with van der Waals surface area (Å²) in [6, 6.07) is 0.363. The second-order valence-corrected chi connectivity index (χ2v) is 13.3. The zero-order valence-corrected chi connectivity index (χ0v) is 19.9. The van der Waals surface area contributed by atoms with Gasteiger partial charge in [0.1, 0.15) is 0 Å². The van der Waals surface area contributed by atoms with E-state index in [1.807, 2.05) is 0 Å². The first-order chi connectivity index (χ1) is 14.9. The van der Waals surface area contributed by atoms with Gasteiger partial charge in [-0.15, -0.1) is 0 Å². The van der Waals surface area contributed by atoms with E-state index in [2.05, 4.69) is 12.2 Å². The van der Waals surface area contributed by atoms with Crippen LogP contribution in [0.2, 0.25) is 0 Å². The number of fused-ring (bicyclic) bond motifs is 1. The van der Waals surface area contributed by atoms with Gasteiger partial charge in [-0.2, -0.15) is 0 Å². The molecule has 9 unspecified atom stereocenters. The minimum atomic E-state index is 0.0536. The van der Waals surface area contributed by atoms with Crippen molar-refractivity contribution in [2.24, 2.45) is 46.5 Å². The van der Waals surface area contributed by atoms with E-state index in [0.717, 1.165) is 43.1 Å². The largest absolute Gasteiger partial charge is 0.368 e. The Morgan fingerprint density at radius 3 is 2.48 bits per heavy atom. The first kappa shape index (κ1) is 21.4. The minimum absolute atomic E-state index is 0.0536. The molecule has 0 radical (unpaired) electrons. The van der Waals surface area contributed by atoms with Crippen molar-refractivity contribution in [2.45, 2.75) is 127 Å². The summed E-state index contributed by atoms with van der Waals surface area (Å²) in [7, 11) is 0. The highest BCUT2D eigenvalue weighted by molar-refractivity contribution is 5.15. The van der Waals surface area contributed by atoms with Crippen molar-refractivity contribution in [1.82, 2.24) is 5.32 Å². The first-order valence-electron chi connectivity index (χ1n) is 13.8. The molecule has 5 N–H and O–H groups in total. The Kier molecular flexibility index (Phi) is 5.30. The number of piperidine rings is 1. The summed E-state index contributed by atoms with van der Waals surface area (Å²) in [5.74, 6) is 3.86. The van der Waals surface area contributed by atoms with Crippen molar-refractivity contribution in [3.05, 3.63) is 0 Å². The molecule has 4 nitrogen and oxygen atoms in total. The van der Waals surface area contributed by atoms with E-state index in [1.54, 1.807) is 0 Å². The lowest BCUT2D eigenvalue weighted by Gasteiger charge is -2.67. The van der Waals surface area contributed by atoms with Crippen molar-refractivity contribution < 1.29 is 4.74 Å². The average Bonchev–Trinajstić information content (AvgIpc) is 3.15. The summed E-state index contributed by atoms with van der Waals surface area (Å²) >= 11 is 0. The van der Waals surface area contributed by atoms with Crippen LogP contribution >= 0.6 is 0 Å². The molecule has 4 aliphatic carbocycles. The van der Waals surface area contributed by atoms with Crippen LogP contribution in [-0.2, 0) is 4.74 Å². The smallest absolute Gasteiger partial charge is 0.0736 e. The highest BCUT2D eigenvalue weighted by Crippen LogP contribution is 2.64. The van der Waals surface area contributed by atoms with Gasteiger partial charge in [-0.1, -0.05) is 19.3 Å². The lowest BCUT2D eigenvalue weighted by atomic mass is 9.49. The molecule has 0 aromatic rings. The van der Waals surface area contributed by atoms with E-state index in [4.69, 9.17) is 16.2 Å². The van der Waals surface area contributed by atoms with E-state index in [-0.39, 0.29) is 17.4 Å². The lowest BCUT2D eigenvalue weighted by molar-refractivity contribution is -0.309. The van der Waals surface area contributed by atoms with Crippen molar-refractivity contribution in [2.75, 3.05) is 6.54 Å². The summed E-state index contributed by atoms with van der Waals surface area (Å²) in [5.41, 5.74) is 13.8. The van der Waals surface area contributed by atoms with Gasteiger partial charge in [0, 0.05) is 12.0 Å². The van der Waals surface area contributed by atoms with E-state index < -0.39 is 0 Å². The Balaban J connectivity index is 1.26. The van der Waals surface area contributed by atoms with Crippen LogP contribution < -0.4 is 16.8 Å². The molecule has 0 aromatic carbocycles. The van der Waals surface area contributed by atoms with Crippen LogP contribution in [0.1, 0.15) is 103 Å². The van der Waals surface area contributed by atoms with E-state index in [1.165, 1.54) is 83.5 Å². The SMILES string of the molecule is CC12CCCC3CC(C4CC(CC5CCC(N)NC5)CC5(CCCC5)C4)(CC(N)C31)O2. The Hall–Kier alpha value is -0.160. The maximum atomic E-state index is 7.29. The third kappa shape index (κ3) is 3.63. The van der Waals surface area contributed by atoms with E-state index >= 15 is 0 Å². The molecule has 1 spiro atoms. The van der Waals surface area contributed by atoms with Gasteiger partial charge in [-0.25, -0.2) is 0 Å². The Morgan fingerprint density at radius 2 is 1.74 bits per heavy atom. The molecule has 4 heteroatoms. The molecule has 7 fully saturated rings. The van der Waals surface area contributed by atoms with Crippen LogP contribution in [0.15, 0.2) is 0 Å². The number of hydrogen-bond acceptors (Lipinski definition) is 4. The number of ether oxygens (including phenoxy) is 1. The Labute approximate surface area is 190 Å². The van der Waals surface area contributed by atoms with Crippen LogP contribution in [0.5, 0.6) is 0 Å². The molecular weight excluding hydrogens is 382 g/mol. The van der Waals surface area contributed by atoms with Gasteiger partial charge in [0.15, 0.2) is 0 Å². The molecule has 7 aliphatic rings. The molecule has 31 heavy (non-hydrogen) atoms. The topological polar surface area (TPSA) is 73.3 Å². The quantitative estimate of drug-likeness (QED) is 0.608. The van der Waals surface area contributed by atoms with Crippen molar-refractivity contribution in [3.8, 4) is 0 Å². The molecule has 9 atom stereocenters. The zero-order chi connectivity index (χ0) is 21.3. The van der Waals surface area contributed by atoms with Crippen LogP contribution in [-0.4, -0.2) is 30.0 Å². The summed E-state index contributed by atoms with van der Waals surface area (Å²) in [6.07, 6.45) is 20.7. The first-order valence-corrected chi connectivity index (χ1v) is 13.8. The standard InChI is InChI=1S/C27H47N3O/c1-25-8-4-5-20-14-27(31-25,16-22(28)24(20)25)21-12-19(11-18-6-7-23(29)30-17-18)13-26(15-21)9-2-3-10-26/h18-24,30H,2-17,28-29H2,1H3. The summed E-state index contributed by atoms with van der Waals surface area (Å²) < 4.78 is 7.29. The molecule has 4 saturated carbocycles. The van der Waals surface area contributed by atoms with Gasteiger partial charge in [0.2, 0.25) is 0 Å². The van der Waals surface area contributed by atoms with Gasteiger partial charge in [0.25, 0.3) is 0 Å². The van der Waals surface area contributed by atoms with Crippen LogP contribution in [0.25, 0.3) is 0 Å². The van der Waals surface area contributed by atoms with Crippen molar-refractivity contribution >= 4 is 0 Å². The minimum Gasteiger partial charge on any atom is -0.368 e. The molecule has 3 heterocycles. The lowest BCUT2D eigenvalue weighted by Crippen LogP contribution is -2.71. The third-order valence-electron chi connectivity index (χ3n) is 11.2. The average molecular weight is 430 g/mol. The molecule has 176 valence electrons. The van der Waals surface area contributed by atoms with Crippen LogP contribution in [0, 0.1) is 35.0 Å². The molecule has 0 aromatic heterocycles. The second-order valence-electron chi connectivity index (χ2n) is 13.3. The Bertz CT molecular complexity index is 669. The second kappa shape index (κ2) is 7.68. The fourth-order valence-corrected chi connectivity index (χ4v) is 10.2. The highest BCUT2D eigenvalue weighted by atomic mass is 16.5. The molecule has 3 aliphatic heterocycles. The summed E-state index contributed by atoms with van der Waals surface area (Å²) in [5, 5.41) is 3.56. The predicted octanol–water partition coefficient (Wildman–Crippen LogP) is 4.70.